The molecule has 1 heterocycles. The summed E-state index contributed by atoms with van der Waals surface area (Å²) in [5.41, 5.74) is -3.57. The van der Waals surface area contributed by atoms with Crippen LogP contribution in [0.2, 0.25) is 0 Å². The van der Waals surface area contributed by atoms with E-state index in [0.29, 0.717) is 37.4 Å². The van der Waals surface area contributed by atoms with Crippen molar-refractivity contribution in [1.29, 1.82) is 0 Å². The Balaban J connectivity index is 1.55. The molecule has 1 N–H and O–H groups in total. The van der Waals surface area contributed by atoms with Crippen molar-refractivity contribution >= 4 is 27.1 Å². The average Bonchev–Trinajstić information content (AvgIpc) is 2.87. The number of halogens is 3. The van der Waals surface area contributed by atoms with Gasteiger partial charge in [0.2, 0.25) is 0 Å². The van der Waals surface area contributed by atoms with E-state index in [1.54, 1.807) is 53.4 Å². The van der Waals surface area contributed by atoms with Gasteiger partial charge in [0.05, 0.1) is 10.6 Å². The lowest BCUT2D eigenvalue weighted by atomic mass is 10.1. The molecule has 0 bridgehead atoms. The molecular formula is C25H24F3N3O3S. The molecule has 1 amide bonds. The number of benzene rings is 3. The molecular weight excluding hydrogens is 479 g/mol. The second-order valence-corrected chi connectivity index (χ2v) is 10.0. The number of alkyl halides is 3. The zero-order valence-electron chi connectivity index (χ0n) is 18.7. The molecule has 0 unspecified atom stereocenters. The monoisotopic (exact) mass is 503 g/mol. The van der Waals surface area contributed by atoms with E-state index in [-0.39, 0.29) is 18.1 Å². The van der Waals surface area contributed by atoms with Crippen LogP contribution in [0, 0.1) is 0 Å². The number of nitrogens with one attached hydrogen (secondary N) is 1. The first kappa shape index (κ1) is 24.6. The Hall–Kier alpha value is -3.53. The molecule has 0 aliphatic carbocycles. The minimum absolute atomic E-state index is 0.0814. The fourth-order valence-electron chi connectivity index (χ4n) is 3.94. The van der Waals surface area contributed by atoms with Gasteiger partial charge < -0.3 is 15.1 Å². The molecule has 4 rings (SSSR count). The molecule has 1 aliphatic heterocycles. The highest BCUT2D eigenvalue weighted by Gasteiger charge is 2.48. The number of nitrogens with zero attached hydrogens (tertiary/aromatic N) is 2. The lowest BCUT2D eigenvalue weighted by Crippen LogP contribution is -2.48. The first-order valence-electron chi connectivity index (χ1n) is 11.0. The summed E-state index contributed by atoms with van der Waals surface area (Å²) in [7, 11) is -5.54. The Bertz CT molecular complexity index is 1280. The number of amides is 1. The number of rotatable bonds is 6. The predicted octanol–water partition coefficient (Wildman–Crippen LogP) is 4.55. The van der Waals surface area contributed by atoms with Crippen LogP contribution in [0.3, 0.4) is 0 Å². The van der Waals surface area contributed by atoms with Gasteiger partial charge in [-0.15, -0.1) is 0 Å². The van der Waals surface area contributed by atoms with Crippen molar-refractivity contribution in [3.05, 3.63) is 90.0 Å². The van der Waals surface area contributed by atoms with Crippen molar-refractivity contribution in [1.82, 2.24) is 4.90 Å². The first-order valence-corrected chi connectivity index (χ1v) is 12.5. The van der Waals surface area contributed by atoms with Crippen LogP contribution < -0.4 is 10.2 Å². The number of carbonyl (C=O) groups excluding carboxylic acids is 1. The molecule has 1 aliphatic rings. The Labute approximate surface area is 201 Å². The summed E-state index contributed by atoms with van der Waals surface area (Å²) in [6.07, 6.45) is 0. The van der Waals surface area contributed by atoms with E-state index < -0.39 is 20.2 Å². The number of carbonyl (C=O) groups is 1. The van der Waals surface area contributed by atoms with Crippen LogP contribution in [0.4, 0.5) is 24.5 Å². The highest BCUT2D eigenvalue weighted by atomic mass is 32.2. The highest BCUT2D eigenvalue weighted by molar-refractivity contribution is 7.92. The second kappa shape index (κ2) is 9.99. The van der Waals surface area contributed by atoms with Crippen molar-refractivity contribution in [2.75, 3.05) is 36.4 Å². The minimum Gasteiger partial charge on any atom is -0.380 e. The van der Waals surface area contributed by atoms with Gasteiger partial charge in [0.1, 0.15) is 0 Å². The molecule has 184 valence electrons. The van der Waals surface area contributed by atoms with Crippen molar-refractivity contribution in [2.24, 2.45) is 0 Å². The predicted molar refractivity (Wildman–Crippen MR) is 128 cm³/mol. The van der Waals surface area contributed by atoms with Gasteiger partial charge in [0.25, 0.3) is 15.7 Å². The Morgan fingerprint density at radius 2 is 1.46 bits per heavy atom. The van der Waals surface area contributed by atoms with E-state index in [4.69, 9.17) is 0 Å². The molecule has 3 aromatic carbocycles. The maximum absolute atomic E-state index is 13.3. The van der Waals surface area contributed by atoms with E-state index in [9.17, 15) is 26.4 Å². The van der Waals surface area contributed by atoms with Gasteiger partial charge in [0.15, 0.2) is 0 Å². The minimum atomic E-state index is -5.54. The quantitative estimate of drug-likeness (QED) is 0.534. The van der Waals surface area contributed by atoms with Gasteiger partial charge in [-0.2, -0.15) is 13.2 Å². The van der Waals surface area contributed by atoms with E-state index >= 15 is 0 Å². The van der Waals surface area contributed by atoms with Gasteiger partial charge in [-0.1, -0.05) is 48.5 Å². The molecule has 1 saturated heterocycles. The third-order valence-electron chi connectivity index (χ3n) is 5.84. The molecule has 3 aromatic rings. The van der Waals surface area contributed by atoms with Gasteiger partial charge >= 0.3 is 5.51 Å². The molecule has 35 heavy (non-hydrogen) atoms. The lowest BCUT2D eigenvalue weighted by molar-refractivity contribution is -0.0435. The third kappa shape index (κ3) is 5.43. The molecule has 0 aromatic heterocycles. The Morgan fingerprint density at radius 1 is 0.857 bits per heavy atom. The van der Waals surface area contributed by atoms with E-state index in [1.165, 1.54) is 12.1 Å². The number of hydrogen-bond acceptors (Lipinski definition) is 5. The normalized spacial score (nSPS) is 14.6. The fourth-order valence-corrected chi connectivity index (χ4v) is 4.85. The summed E-state index contributed by atoms with van der Waals surface area (Å²) < 4.78 is 64.3. The zero-order chi connectivity index (χ0) is 25.1. The van der Waals surface area contributed by atoms with Crippen LogP contribution in [0.1, 0.15) is 15.9 Å². The van der Waals surface area contributed by atoms with Crippen molar-refractivity contribution in [2.45, 2.75) is 16.9 Å². The SMILES string of the molecule is O=C(c1ccccc1)N1CCN(c2ccc(S(=O)(=O)C(F)(F)F)c(NCc3ccccc3)c2)CC1. The average molecular weight is 504 g/mol. The Morgan fingerprint density at radius 3 is 2.06 bits per heavy atom. The number of sulfone groups is 1. The van der Waals surface area contributed by atoms with Gasteiger partial charge in [-0.05, 0) is 35.9 Å². The highest BCUT2D eigenvalue weighted by Crippen LogP contribution is 2.36. The summed E-state index contributed by atoms with van der Waals surface area (Å²) in [5.74, 6) is -0.0814. The van der Waals surface area contributed by atoms with Crippen LogP contribution >= 0.6 is 0 Å². The van der Waals surface area contributed by atoms with Gasteiger partial charge in [-0.3, -0.25) is 4.79 Å². The van der Waals surface area contributed by atoms with Crippen LogP contribution in [0.5, 0.6) is 0 Å². The summed E-state index contributed by atoms with van der Waals surface area (Å²) in [4.78, 5) is 15.5. The molecule has 0 atom stereocenters. The smallest absolute Gasteiger partial charge is 0.380 e. The summed E-state index contributed by atoms with van der Waals surface area (Å²) in [5, 5.41) is 2.87. The topological polar surface area (TPSA) is 69.7 Å². The number of anilines is 2. The molecule has 0 radical (unpaired) electrons. The first-order chi connectivity index (χ1) is 16.7. The van der Waals surface area contributed by atoms with E-state index in [2.05, 4.69) is 5.32 Å². The number of piperazine rings is 1. The molecule has 0 saturated carbocycles. The molecule has 6 nitrogen and oxygen atoms in total. The second-order valence-electron chi connectivity index (χ2n) is 8.11. The maximum atomic E-state index is 13.3. The van der Waals surface area contributed by atoms with Gasteiger partial charge in [-0.25, -0.2) is 8.42 Å². The van der Waals surface area contributed by atoms with Crippen LogP contribution in [0.25, 0.3) is 0 Å². The molecule has 1 fully saturated rings. The molecule has 0 spiro atoms. The van der Waals surface area contributed by atoms with Crippen LogP contribution in [0.15, 0.2) is 83.8 Å². The summed E-state index contributed by atoms with van der Waals surface area (Å²) in [6.45, 7) is 1.94. The lowest BCUT2D eigenvalue weighted by Gasteiger charge is -2.36. The van der Waals surface area contributed by atoms with Crippen molar-refractivity contribution < 1.29 is 26.4 Å². The fraction of sp³-hybridized carbons (Fsp3) is 0.240. The largest absolute Gasteiger partial charge is 0.501 e. The number of hydrogen-bond donors (Lipinski definition) is 1. The van der Waals surface area contributed by atoms with Crippen molar-refractivity contribution in [3.63, 3.8) is 0 Å². The molecule has 10 heteroatoms. The van der Waals surface area contributed by atoms with Crippen LogP contribution in [-0.2, 0) is 16.4 Å². The standard InChI is InChI=1S/C25H24F3N3O3S/c26-25(27,28)35(33,34)23-12-11-21(17-22(23)29-18-19-7-3-1-4-8-19)30-13-15-31(16-14-30)24(32)20-9-5-2-6-10-20/h1-12,17,29H,13-16,18H2. The summed E-state index contributed by atoms with van der Waals surface area (Å²) >= 11 is 0. The van der Waals surface area contributed by atoms with Gasteiger partial charge in [0, 0.05) is 44.0 Å². The maximum Gasteiger partial charge on any atom is 0.501 e. The van der Waals surface area contributed by atoms with E-state index in [1.807, 2.05) is 17.0 Å². The van der Waals surface area contributed by atoms with E-state index in [0.717, 1.165) is 11.6 Å². The summed E-state index contributed by atoms with van der Waals surface area (Å²) in [6, 6.07) is 21.7. The van der Waals surface area contributed by atoms with Crippen LogP contribution in [-0.4, -0.2) is 50.9 Å². The van der Waals surface area contributed by atoms with Crippen molar-refractivity contribution in [3.8, 4) is 0 Å². The Kier molecular flexibility index (Phi) is 7.02. The zero-order valence-corrected chi connectivity index (χ0v) is 19.5. The third-order valence-corrected chi connectivity index (χ3v) is 7.38.